The molecule has 0 aromatic heterocycles. The molecular formula is C8H14O2S. The molecule has 0 aliphatic carbocycles. The minimum absolute atomic E-state index is 0.273. The molecule has 1 aliphatic rings. The highest BCUT2D eigenvalue weighted by molar-refractivity contribution is 7.98. The summed E-state index contributed by atoms with van der Waals surface area (Å²) >= 11 is 1.80. The third-order valence-corrected chi connectivity index (χ3v) is 2.17. The fraction of sp³-hybridized carbons (Fsp3) is 0.750. The lowest BCUT2D eigenvalue weighted by atomic mass is 10.4. The van der Waals surface area contributed by atoms with Gasteiger partial charge < -0.3 is 9.47 Å². The van der Waals surface area contributed by atoms with Gasteiger partial charge in [0.1, 0.15) is 0 Å². The molecule has 0 spiro atoms. The molecular weight excluding hydrogens is 160 g/mol. The summed E-state index contributed by atoms with van der Waals surface area (Å²) in [5, 5.41) is 0. The molecule has 1 atom stereocenters. The molecule has 1 rings (SSSR count). The van der Waals surface area contributed by atoms with Crippen LogP contribution in [0.5, 0.6) is 0 Å². The SMILES string of the molecule is CSCC1COC/C=C\CO1. The van der Waals surface area contributed by atoms with E-state index in [0.29, 0.717) is 0 Å². The summed E-state index contributed by atoms with van der Waals surface area (Å²) < 4.78 is 10.8. The van der Waals surface area contributed by atoms with E-state index in [1.54, 1.807) is 11.8 Å². The summed E-state index contributed by atoms with van der Waals surface area (Å²) in [4.78, 5) is 0. The molecule has 0 amide bonds. The summed E-state index contributed by atoms with van der Waals surface area (Å²) in [6.07, 6.45) is 6.36. The highest BCUT2D eigenvalue weighted by Crippen LogP contribution is 2.04. The van der Waals surface area contributed by atoms with E-state index in [4.69, 9.17) is 9.47 Å². The second-order valence-corrected chi connectivity index (χ2v) is 3.33. The lowest BCUT2D eigenvalue weighted by molar-refractivity contribution is 0.00952. The second-order valence-electron chi connectivity index (χ2n) is 2.42. The molecule has 1 aliphatic heterocycles. The number of hydrogen-bond donors (Lipinski definition) is 0. The fourth-order valence-electron chi connectivity index (χ4n) is 0.925. The van der Waals surface area contributed by atoms with E-state index >= 15 is 0 Å². The van der Waals surface area contributed by atoms with Gasteiger partial charge in [0.2, 0.25) is 0 Å². The van der Waals surface area contributed by atoms with Gasteiger partial charge in [-0.15, -0.1) is 0 Å². The normalized spacial score (nSPS) is 29.0. The van der Waals surface area contributed by atoms with Crippen LogP contribution < -0.4 is 0 Å². The van der Waals surface area contributed by atoms with Gasteiger partial charge in [-0.25, -0.2) is 0 Å². The third kappa shape index (κ3) is 3.79. The fourth-order valence-corrected chi connectivity index (χ4v) is 1.49. The maximum atomic E-state index is 5.49. The Hall–Kier alpha value is 0.01000. The Kier molecular flexibility index (Phi) is 4.66. The topological polar surface area (TPSA) is 18.5 Å². The third-order valence-electron chi connectivity index (χ3n) is 1.47. The van der Waals surface area contributed by atoms with Crippen molar-refractivity contribution in [1.29, 1.82) is 0 Å². The van der Waals surface area contributed by atoms with Gasteiger partial charge in [-0.3, -0.25) is 0 Å². The number of hydrogen-bond acceptors (Lipinski definition) is 3. The van der Waals surface area contributed by atoms with Crippen molar-refractivity contribution < 1.29 is 9.47 Å². The van der Waals surface area contributed by atoms with Gasteiger partial charge in [-0.2, -0.15) is 11.8 Å². The van der Waals surface area contributed by atoms with Crippen LogP contribution in [0.3, 0.4) is 0 Å². The summed E-state index contributed by atoms with van der Waals surface area (Å²) in [5.74, 6) is 1.02. The number of ether oxygens (including phenoxy) is 2. The lowest BCUT2D eigenvalue weighted by Gasteiger charge is -2.17. The van der Waals surface area contributed by atoms with E-state index in [1.807, 2.05) is 12.2 Å². The smallest absolute Gasteiger partial charge is 0.0902 e. The largest absolute Gasteiger partial charge is 0.375 e. The van der Waals surface area contributed by atoms with Gasteiger partial charge in [0.15, 0.2) is 0 Å². The average Bonchev–Trinajstić information content (AvgIpc) is 1.94. The van der Waals surface area contributed by atoms with Gasteiger partial charge in [0.25, 0.3) is 0 Å². The zero-order chi connectivity index (χ0) is 7.94. The molecule has 0 aromatic rings. The van der Waals surface area contributed by atoms with E-state index < -0.39 is 0 Å². The minimum Gasteiger partial charge on any atom is -0.375 e. The molecule has 2 nitrogen and oxygen atoms in total. The molecule has 11 heavy (non-hydrogen) atoms. The van der Waals surface area contributed by atoms with Gasteiger partial charge >= 0.3 is 0 Å². The first-order valence-corrected chi connectivity index (χ1v) is 5.16. The first kappa shape index (κ1) is 9.10. The van der Waals surface area contributed by atoms with Gasteiger partial charge in [0.05, 0.1) is 25.9 Å². The van der Waals surface area contributed by atoms with Crippen molar-refractivity contribution in [1.82, 2.24) is 0 Å². The molecule has 0 saturated carbocycles. The first-order chi connectivity index (χ1) is 5.43. The van der Waals surface area contributed by atoms with Crippen LogP contribution in [0.4, 0.5) is 0 Å². The zero-order valence-electron chi connectivity index (χ0n) is 6.79. The van der Waals surface area contributed by atoms with Crippen LogP contribution in [0.2, 0.25) is 0 Å². The number of thioether (sulfide) groups is 1. The van der Waals surface area contributed by atoms with Crippen LogP contribution in [-0.4, -0.2) is 37.9 Å². The second kappa shape index (κ2) is 5.63. The van der Waals surface area contributed by atoms with Crippen molar-refractivity contribution in [2.45, 2.75) is 6.10 Å². The van der Waals surface area contributed by atoms with Crippen molar-refractivity contribution in [3.63, 3.8) is 0 Å². The van der Waals surface area contributed by atoms with Crippen LogP contribution in [0.25, 0.3) is 0 Å². The molecule has 64 valence electrons. The molecule has 0 saturated heterocycles. The molecule has 0 bridgehead atoms. The van der Waals surface area contributed by atoms with Crippen LogP contribution >= 0.6 is 11.8 Å². The predicted octanol–water partition coefficient (Wildman–Crippen LogP) is 1.32. The quantitative estimate of drug-likeness (QED) is 0.588. The van der Waals surface area contributed by atoms with Crippen molar-refractivity contribution in [3.8, 4) is 0 Å². The Labute approximate surface area is 71.9 Å². The number of rotatable bonds is 2. The van der Waals surface area contributed by atoms with Gasteiger partial charge in [-0.1, -0.05) is 12.2 Å². The first-order valence-electron chi connectivity index (χ1n) is 3.76. The van der Waals surface area contributed by atoms with Crippen LogP contribution in [-0.2, 0) is 9.47 Å². The molecule has 0 fully saturated rings. The Morgan fingerprint density at radius 1 is 1.45 bits per heavy atom. The summed E-state index contributed by atoms with van der Waals surface area (Å²) in [6.45, 7) is 2.19. The highest BCUT2D eigenvalue weighted by atomic mass is 32.2. The molecule has 1 unspecified atom stereocenters. The summed E-state index contributed by atoms with van der Waals surface area (Å²) in [7, 11) is 0. The zero-order valence-corrected chi connectivity index (χ0v) is 7.60. The van der Waals surface area contributed by atoms with Crippen molar-refractivity contribution in [3.05, 3.63) is 12.2 Å². The molecule has 0 radical (unpaired) electrons. The lowest BCUT2D eigenvalue weighted by Crippen LogP contribution is -2.24. The monoisotopic (exact) mass is 174 g/mol. The van der Waals surface area contributed by atoms with Crippen molar-refractivity contribution >= 4 is 11.8 Å². The van der Waals surface area contributed by atoms with Crippen LogP contribution in [0.1, 0.15) is 0 Å². The van der Waals surface area contributed by atoms with E-state index in [-0.39, 0.29) is 6.10 Å². The summed E-state index contributed by atoms with van der Waals surface area (Å²) in [5.41, 5.74) is 0. The van der Waals surface area contributed by atoms with Gasteiger partial charge in [0, 0.05) is 5.75 Å². The Bertz CT molecular complexity index is 125. The predicted molar refractivity (Wildman–Crippen MR) is 48.1 cm³/mol. The molecule has 0 aromatic carbocycles. The van der Waals surface area contributed by atoms with Crippen LogP contribution in [0.15, 0.2) is 12.2 Å². The Morgan fingerprint density at radius 2 is 2.27 bits per heavy atom. The maximum absolute atomic E-state index is 5.49. The van der Waals surface area contributed by atoms with Gasteiger partial charge in [-0.05, 0) is 6.26 Å². The summed E-state index contributed by atoms with van der Waals surface area (Å²) in [6, 6.07) is 0. The van der Waals surface area contributed by atoms with Crippen molar-refractivity contribution in [2.24, 2.45) is 0 Å². The Morgan fingerprint density at radius 3 is 3.09 bits per heavy atom. The minimum atomic E-state index is 0.273. The van der Waals surface area contributed by atoms with Crippen LogP contribution in [0, 0.1) is 0 Å². The van der Waals surface area contributed by atoms with E-state index in [9.17, 15) is 0 Å². The standard InChI is InChI=1S/C8H14O2S/c1-11-7-8-6-9-4-2-3-5-10-8/h2-3,8H,4-7H2,1H3/b3-2-. The van der Waals surface area contributed by atoms with E-state index in [0.717, 1.165) is 25.6 Å². The molecule has 3 heteroatoms. The van der Waals surface area contributed by atoms with E-state index in [2.05, 4.69) is 6.26 Å². The van der Waals surface area contributed by atoms with E-state index in [1.165, 1.54) is 0 Å². The highest BCUT2D eigenvalue weighted by Gasteiger charge is 2.08. The molecule has 1 heterocycles. The molecule has 0 N–H and O–H groups in total. The Balaban J connectivity index is 2.24. The average molecular weight is 174 g/mol. The van der Waals surface area contributed by atoms with Crippen molar-refractivity contribution in [2.75, 3.05) is 31.8 Å². The maximum Gasteiger partial charge on any atom is 0.0902 e.